The largest absolute Gasteiger partial charge is 0.456 e. The molecule has 0 radical (unpaired) electrons. The summed E-state index contributed by atoms with van der Waals surface area (Å²) in [6.07, 6.45) is 2.23. The zero-order chi connectivity index (χ0) is 42.2. The third-order valence-electron chi connectivity index (χ3n) is 14.0. The Kier molecular flexibility index (Phi) is 7.44. The molecule has 0 atom stereocenters. The van der Waals surface area contributed by atoms with Crippen LogP contribution in [0, 0.1) is 0 Å². The van der Waals surface area contributed by atoms with E-state index in [9.17, 15) is 0 Å². The lowest BCUT2D eigenvalue weighted by atomic mass is 9.63. The van der Waals surface area contributed by atoms with Crippen LogP contribution in [0.15, 0.2) is 168 Å². The molecule has 4 heterocycles. The number of nitrogens with zero attached hydrogens (tertiary/aromatic N) is 5. The van der Waals surface area contributed by atoms with Crippen LogP contribution in [0.3, 0.4) is 0 Å². The molecule has 0 saturated heterocycles. The smallest absolute Gasteiger partial charge is 0.238 e. The van der Waals surface area contributed by atoms with E-state index in [1.165, 1.54) is 49.0 Å². The normalized spacial score (nSPS) is 14.8. The average Bonchev–Trinajstić information content (AvgIpc) is 3.98. The Morgan fingerprint density at radius 2 is 1.02 bits per heavy atom. The van der Waals surface area contributed by atoms with Gasteiger partial charge in [-0.3, -0.25) is 4.57 Å². The summed E-state index contributed by atoms with van der Waals surface area (Å²) < 4.78 is 11.2. The summed E-state index contributed by atoms with van der Waals surface area (Å²) >= 11 is 0. The van der Waals surface area contributed by atoms with Crippen LogP contribution < -0.4 is 0 Å². The Bertz CT molecular complexity index is 3850. The Morgan fingerprint density at radius 3 is 1.79 bits per heavy atom. The van der Waals surface area contributed by atoms with Crippen LogP contribution >= 0.6 is 0 Å². The minimum atomic E-state index is -0.0172. The van der Waals surface area contributed by atoms with Gasteiger partial charge in [-0.15, -0.1) is 0 Å². The summed E-state index contributed by atoms with van der Waals surface area (Å²) in [6, 6.07) is 58.5. The van der Waals surface area contributed by atoms with E-state index in [-0.39, 0.29) is 10.8 Å². The van der Waals surface area contributed by atoms with E-state index in [1.807, 2.05) is 30.3 Å². The SMILES string of the molecule is CC1(C)CCC(C)(C)c2cc3c(cc21)c1c2c4c5ccccc5ccc4n(-c4ccccc4)c2ccc1n3-c1nc(-c2ccccc2)nc(-c2ccc3c(c2)oc2ccccc23)n1. The molecule has 1 aliphatic carbocycles. The van der Waals surface area contributed by atoms with Gasteiger partial charge in [-0.25, -0.2) is 4.98 Å². The van der Waals surface area contributed by atoms with Crippen LogP contribution in [0.25, 0.3) is 111 Å². The molecule has 0 fully saturated rings. The third kappa shape index (κ3) is 5.27. The Hall–Kier alpha value is -7.57. The fraction of sp³-hybridized carbons (Fsp3) is 0.140. The number of hydrogen-bond donors (Lipinski definition) is 0. The zero-order valence-corrected chi connectivity index (χ0v) is 35.6. The van der Waals surface area contributed by atoms with Crippen LogP contribution in [-0.4, -0.2) is 24.1 Å². The lowest BCUT2D eigenvalue weighted by Gasteiger charge is -2.42. The van der Waals surface area contributed by atoms with Crippen LogP contribution in [0.2, 0.25) is 0 Å². The van der Waals surface area contributed by atoms with Crippen molar-refractivity contribution in [1.82, 2.24) is 24.1 Å². The molecule has 8 aromatic carbocycles. The minimum absolute atomic E-state index is 0.00219. The Balaban J connectivity index is 1.19. The molecule has 302 valence electrons. The van der Waals surface area contributed by atoms with Crippen LogP contribution in [0.5, 0.6) is 0 Å². The molecule has 4 aromatic heterocycles. The van der Waals surface area contributed by atoms with Gasteiger partial charge in [0.1, 0.15) is 11.2 Å². The van der Waals surface area contributed by atoms with E-state index in [2.05, 4.69) is 170 Å². The van der Waals surface area contributed by atoms with Gasteiger partial charge in [-0.2, -0.15) is 9.97 Å². The first-order valence-corrected chi connectivity index (χ1v) is 22.0. The molecule has 0 saturated carbocycles. The van der Waals surface area contributed by atoms with Gasteiger partial charge in [-0.1, -0.05) is 131 Å². The van der Waals surface area contributed by atoms with Gasteiger partial charge in [-0.05, 0) is 106 Å². The minimum Gasteiger partial charge on any atom is -0.456 e. The number of furan rings is 1. The van der Waals surface area contributed by atoms with Crippen molar-refractivity contribution in [3.05, 3.63) is 175 Å². The van der Waals surface area contributed by atoms with Crippen molar-refractivity contribution >= 4 is 76.3 Å². The van der Waals surface area contributed by atoms with E-state index in [1.54, 1.807) is 0 Å². The average molecular weight is 814 g/mol. The standard InChI is InChI=1S/C57H43N5O/c1-56(2)29-30-57(3,4)43-33-47-41(32-42(43)56)51-45(27-28-46-52(51)50-38-20-12-11-15-34(38)24-26-44(50)61(46)37-18-9-6-10-19-37)62(47)55-59-53(35-16-7-5-8-17-35)58-54(60-55)36-23-25-40-39-21-13-14-22-48(39)63-49(40)31-36/h5-28,31-33H,29-30H2,1-4H3. The summed E-state index contributed by atoms with van der Waals surface area (Å²) in [5.74, 6) is 1.78. The van der Waals surface area contributed by atoms with Crippen molar-refractivity contribution in [2.75, 3.05) is 0 Å². The number of aromatic nitrogens is 5. The van der Waals surface area contributed by atoms with Crippen molar-refractivity contribution in [2.45, 2.75) is 51.4 Å². The predicted octanol–water partition coefficient (Wildman–Crippen LogP) is 14.8. The summed E-state index contributed by atoms with van der Waals surface area (Å²) in [5, 5.41) is 9.48. The summed E-state index contributed by atoms with van der Waals surface area (Å²) in [7, 11) is 0. The molecule has 13 rings (SSSR count). The van der Waals surface area contributed by atoms with Gasteiger partial charge in [0.05, 0.1) is 22.1 Å². The Labute approximate surface area is 364 Å². The number of hydrogen-bond acceptors (Lipinski definition) is 4. The van der Waals surface area contributed by atoms with Crippen molar-refractivity contribution < 1.29 is 4.42 Å². The van der Waals surface area contributed by atoms with Crippen molar-refractivity contribution in [3.63, 3.8) is 0 Å². The van der Waals surface area contributed by atoms with Crippen molar-refractivity contribution in [1.29, 1.82) is 0 Å². The second kappa shape index (κ2) is 13.0. The quantitative estimate of drug-likeness (QED) is 0.178. The fourth-order valence-electron chi connectivity index (χ4n) is 10.7. The number of para-hydroxylation sites is 2. The first kappa shape index (κ1) is 36.1. The maximum atomic E-state index is 6.40. The number of benzene rings is 8. The van der Waals surface area contributed by atoms with Gasteiger partial charge in [0.2, 0.25) is 5.95 Å². The highest BCUT2D eigenvalue weighted by molar-refractivity contribution is 6.33. The molecule has 12 aromatic rings. The lowest BCUT2D eigenvalue weighted by molar-refractivity contribution is 0.332. The maximum Gasteiger partial charge on any atom is 0.238 e. The molecule has 1 aliphatic rings. The maximum absolute atomic E-state index is 6.40. The van der Waals surface area contributed by atoms with Gasteiger partial charge in [0.15, 0.2) is 11.6 Å². The molecule has 0 bridgehead atoms. The highest BCUT2D eigenvalue weighted by Gasteiger charge is 2.38. The highest BCUT2D eigenvalue weighted by atomic mass is 16.3. The van der Waals surface area contributed by atoms with Crippen molar-refractivity contribution in [2.24, 2.45) is 0 Å². The van der Waals surface area contributed by atoms with Gasteiger partial charge in [0.25, 0.3) is 0 Å². The molecule has 63 heavy (non-hydrogen) atoms. The molecule has 0 amide bonds. The molecule has 0 unspecified atom stereocenters. The molecular weight excluding hydrogens is 771 g/mol. The fourth-order valence-corrected chi connectivity index (χ4v) is 10.7. The van der Waals surface area contributed by atoms with Crippen molar-refractivity contribution in [3.8, 4) is 34.4 Å². The summed E-state index contributed by atoms with van der Waals surface area (Å²) in [5.41, 5.74) is 11.9. The monoisotopic (exact) mass is 813 g/mol. The lowest BCUT2D eigenvalue weighted by Crippen LogP contribution is -2.33. The van der Waals surface area contributed by atoms with Crippen LogP contribution in [0.1, 0.15) is 51.7 Å². The summed E-state index contributed by atoms with van der Waals surface area (Å²) in [6.45, 7) is 9.64. The van der Waals surface area contributed by atoms with E-state index >= 15 is 0 Å². The molecule has 6 nitrogen and oxygen atoms in total. The van der Waals surface area contributed by atoms with Crippen LogP contribution in [-0.2, 0) is 10.8 Å². The van der Waals surface area contributed by atoms with Gasteiger partial charge >= 0.3 is 0 Å². The first-order chi connectivity index (χ1) is 30.7. The van der Waals surface area contributed by atoms with Crippen LogP contribution in [0.4, 0.5) is 0 Å². The number of rotatable bonds is 4. The molecule has 0 aliphatic heterocycles. The highest BCUT2D eigenvalue weighted by Crippen LogP contribution is 2.50. The van der Waals surface area contributed by atoms with E-state index in [0.717, 1.165) is 68.1 Å². The summed E-state index contributed by atoms with van der Waals surface area (Å²) in [4.78, 5) is 16.1. The van der Waals surface area contributed by atoms with Gasteiger partial charge in [0, 0.05) is 49.1 Å². The van der Waals surface area contributed by atoms with E-state index in [0.29, 0.717) is 17.6 Å². The zero-order valence-electron chi connectivity index (χ0n) is 35.6. The van der Waals surface area contributed by atoms with E-state index < -0.39 is 0 Å². The topological polar surface area (TPSA) is 61.7 Å². The molecular formula is C57H43N5O. The Morgan fingerprint density at radius 1 is 0.429 bits per heavy atom. The van der Waals surface area contributed by atoms with Gasteiger partial charge < -0.3 is 8.98 Å². The second-order valence-corrected chi connectivity index (χ2v) is 18.7. The first-order valence-electron chi connectivity index (χ1n) is 22.0. The van der Waals surface area contributed by atoms with E-state index in [4.69, 9.17) is 19.4 Å². The molecule has 6 heteroatoms. The molecule has 0 N–H and O–H groups in total. The third-order valence-corrected chi connectivity index (χ3v) is 14.0. The number of fused-ring (bicyclic) bond motifs is 13. The predicted molar refractivity (Wildman–Crippen MR) is 259 cm³/mol. The molecule has 0 spiro atoms. The second-order valence-electron chi connectivity index (χ2n) is 18.7.